The number of amides is 1. The van der Waals surface area contributed by atoms with Crippen LogP contribution < -0.4 is 26.3 Å². The number of rotatable bonds is 4. The first-order valence-corrected chi connectivity index (χ1v) is 6.33. The molecular weight excluding hydrogens is 288 g/mol. The van der Waals surface area contributed by atoms with Crippen molar-refractivity contribution in [2.75, 3.05) is 14.2 Å². The van der Waals surface area contributed by atoms with Crippen LogP contribution in [0.2, 0.25) is 0 Å². The molecule has 1 aromatic carbocycles. The van der Waals surface area contributed by atoms with Gasteiger partial charge in [0, 0.05) is 18.7 Å². The second-order valence-corrected chi connectivity index (χ2v) is 4.41. The molecule has 116 valence electrons. The first-order chi connectivity index (χ1) is 10.5. The third-order valence-electron chi connectivity index (χ3n) is 3.12. The smallest absolute Gasteiger partial charge is 0.279 e. The number of carbonyl (C=O) groups is 1. The average Bonchev–Trinajstić information content (AvgIpc) is 2.55. The summed E-state index contributed by atoms with van der Waals surface area (Å²) >= 11 is 0. The van der Waals surface area contributed by atoms with Gasteiger partial charge < -0.3 is 9.47 Å². The normalized spacial score (nSPS) is 10.2. The number of nitrogens with two attached hydrogens (primary N) is 1. The van der Waals surface area contributed by atoms with Gasteiger partial charge in [-0.05, 0) is 18.2 Å². The lowest BCUT2D eigenvalue weighted by Gasteiger charge is -2.11. The Bertz CT molecular complexity index is 770. The topological polar surface area (TPSA) is 108 Å². The highest BCUT2D eigenvalue weighted by Crippen LogP contribution is 2.31. The molecule has 8 heteroatoms. The van der Waals surface area contributed by atoms with Gasteiger partial charge >= 0.3 is 0 Å². The van der Waals surface area contributed by atoms with Gasteiger partial charge in [0.15, 0.2) is 0 Å². The predicted molar refractivity (Wildman–Crippen MR) is 79.7 cm³/mol. The van der Waals surface area contributed by atoms with E-state index in [1.54, 1.807) is 25.3 Å². The molecule has 0 aliphatic heterocycles. The molecule has 2 aromatic rings. The first-order valence-electron chi connectivity index (χ1n) is 6.33. The van der Waals surface area contributed by atoms with Crippen LogP contribution >= 0.6 is 0 Å². The van der Waals surface area contributed by atoms with Crippen LogP contribution in [0.5, 0.6) is 11.5 Å². The maximum absolute atomic E-state index is 11.9. The molecule has 0 bridgehead atoms. The summed E-state index contributed by atoms with van der Waals surface area (Å²) in [6, 6.07) is 6.52. The van der Waals surface area contributed by atoms with E-state index in [4.69, 9.17) is 15.3 Å². The van der Waals surface area contributed by atoms with Crippen molar-refractivity contribution < 1.29 is 14.3 Å². The van der Waals surface area contributed by atoms with Gasteiger partial charge in [-0.3, -0.25) is 15.0 Å². The minimum atomic E-state index is -0.684. The quantitative estimate of drug-likeness (QED) is 0.470. The standard InChI is InChI=1S/C14H16N4O4/c1-18-14(20)10(13(19)16-15)7-11(17-18)9-5-4-8(21-2)6-12(9)22-3/h4-7H,15H2,1-3H3,(H,16,19). The highest BCUT2D eigenvalue weighted by atomic mass is 16.5. The van der Waals surface area contributed by atoms with Crippen LogP contribution in [0.3, 0.4) is 0 Å². The predicted octanol–water partition coefficient (Wildman–Crippen LogP) is 0.0680. The van der Waals surface area contributed by atoms with Crippen molar-refractivity contribution in [2.24, 2.45) is 12.9 Å². The molecule has 1 amide bonds. The number of ether oxygens (including phenoxy) is 2. The van der Waals surface area contributed by atoms with E-state index in [2.05, 4.69) is 5.10 Å². The summed E-state index contributed by atoms with van der Waals surface area (Å²) in [5, 5.41) is 4.15. The van der Waals surface area contributed by atoms with Crippen LogP contribution in [-0.4, -0.2) is 29.9 Å². The lowest BCUT2D eigenvalue weighted by molar-refractivity contribution is 0.0951. The van der Waals surface area contributed by atoms with Crippen LogP contribution in [0.4, 0.5) is 0 Å². The summed E-state index contributed by atoms with van der Waals surface area (Å²) in [7, 11) is 4.51. The van der Waals surface area contributed by atoms with Crippen LogP contribution in [0, 0.1) is 0 Å². The molecule has 3 N–H and O–H groups in total. The second-order valence-electron chi connectivity index (χ2n) is 4.41. The minimum Gasteiger partial charge on any atom is -0.497 e. The molecular formula is C14H16N4O4. The lowest BCUT2D eigenvalue weighted by Crippen LogP contribution is -2.36. The Balaban J connectivity index is 2.65. The van der Waals surface area contributed by atoms with E-state index in [0.29, 0.717) is 22.8 Å². The number of carbonyl (C=O) groups excluding carboxylic acids is 1. The molecule has 0 aliphatic carbocycles. The largest absolute Gasteiger partial charge is 0.497 e. The van der Waals surface area contributed by atoms with Crippen molar-refractivity contribution in [2.45, 2.75) is 0 Å². The Morgan fingerprint density at radius 2 is 2.00 bits per heavy atom. The Morgan fingerprint density at radius 3 is 2.59 bits per heavy atom. The van der Waals surface area contributed by atoms with E-state index in [0.717, 1.165) is 4.68 Å². The van der Waals surface area contributed by atoms with Gasteiger partial charge in [0.05, 0.1) is 19.9 Å². The summed E-state index contributed by atoms with van der Waals surface area (Å²) in [5.41, 5.74) is 2.32. The highest BCUT2D eigenvalue weighted by Gasteiger charge is 2.16. The number of aromatic nitrogens is 2. The molecule has 2 rings (SSSR count). The van der Waals surface area contributed by atoms with E-state index in [1.807, 2.05) is 5.43 Å². The lowest BCUT2D eigenvalue weighted by atomic mass is 10.1. The van der Waals surface area contributed by atoms with E-state index in [-0.39, 0.29) is 5.56 Å². The third-order valence-corrected chi connectivity index (χ3v) is 3.12. The number of nitrogens with zero attached hydrogens (tertiary/aromatic N) is 2. The molecule has 0 unspecified atom stereocenters. The Labute approximate surface area is 126 Å². The molecule has 0 saturated heterocycles. The number of hydrogen-bond donors (Lipinski definition) is 2. The zero-order chi connectivity index (χ0) is 16.3. The fourth-order valence-corrected chi connectivity index (χ4v) is 1.99. The van der Waals surface area contributed by atoms with E-state index >= 15 is 0 Å². The van der Waals surface area contributed by atoms with Gasteiger partial charge in [0.25, 0.3) is 11.5 Å². The number of hydrazine groups is 1. The second kappa shape index (κ2) is 6.27. The zero-order valence-electron chi connectivity index (χ0n) is 12.4. The van der Waals surface area contributed by atoms with Gasteiger partial charge in [0.1, 0.15) is 17.1 Å². The Hall–Kier alpha value is -2.87. The van der Waals surface area contributed by atoms with E-state index < -0.39 is 11.5 Å². The molecule has 0 saturated carbocycles. The molecule has 0 fully saturated rings. The number of benzene rings is 1. The maximum atomic E-state index is 11.9. The fraction of sp³-hybridized carbons (Fsp3) is 0.214. The molecule has 0 spiro atoms. The summed E-state index contributed by atoms with van der Waals surface area (Å²) in [6.45, 7) is 0. The summed E-state index contributed by atoms with van der Waals surface area (Å²) in [4.78, 5) is 23.6. The number of hydrogen-bond acceptors (Lipinski definition) is 6. The van der Waals surface area contributed by atoms with Crippen molar-refractivity contribution >= 4 is 5.91 Å². The summed E-state index contributed by atoms with van der Waals surface area (Å²) in [5.74, 6) is 5.53. The van der Waals surface area contributed by atoms with E-state index in [1.165, 1.54) is 20.2 Å². The van der Waals surface area contributed by atoms with Crippen LogP contribution in [0.15, 0.2) is 29.1 Å². The fourth-order valence-electron chi connectivity index (χ4n) is 1.99. The molecule has 1 aromatic heterocycles. The summed E-state index contributed by atoms with van der Waals surface area (Å²) < 4.78 is 11.5. The number of nitrogen functional groups attached to an aromatic ring is 1. The molecule has 0 radical (unpaired) electrons. The minimum absolute atomic E-state index is 0.104. The van der Waals surface area contributed by atoms with Gasteiger partial charge in [0.2, 0.25) is 0 Å². The van der Waals surface area contributed by atoms with Gasteiger partial charge in [-0.1, -0.05) is 0 Å². The Morgan fingerprint density at radius 1 is 1.27 bits per heavy atom. The zero-order valence-corrected chi connectivity index (χ0v) is 12.4. The Kier molecular flexibility index (Phi) is 4.42. The number of aryl methyl sites for hydroxylation is 1. The van der Waals surface area contributed by atoms with Crippen molar-refractivity contribution in [1.29, 1.82) is 0 Å². The van der Waals surface area contributed by atoms with Crippen LogP contribution in [0.1, 0.15) is 10.4 Å². The van der Waals surface area contributed by atoms with Crippen molar-refractivity contribution in [1.82, 2.24) is 15.2 Å². The molecule has 8 nitrogen and oxygen atoms in total. The van der Waals surface area contributed by atoms with Crippen LogP contribution in [-0.2, 0) is 7.05 Å². The SMILES string of the molecule is COc1ccc(-c2cc(C(=O)NN)c(=O)n(C)n2)c(OC)c1. The van der Waals surface area contributed by atoms with Gasteiger partial charge in [-0.2, -0.15) is 5.10 Å². The van der Waals surface area contributed by atoms with Crippen molar-refractivity contribution in [3.8, 4) is 22.8 Å². The molecule has 22 heavy (non-hydrogen) atoms. The van der Waals surface area contributed by atoms with E-state index in [9.17, 15) is 9.59 Å². The highest BCUT2D eigenvalue weighted by molar-refractivity contribution is 5.94. The average molecular weight is 304 g/mol. The number of methoxy groups -OCH3 is 2. The van der Waals surface area contributed by atoms with Crippen molar-refractivity contribution in [3.63, 3.8) is 0 Å². The molecule has 0 atom stereocenters. The van der Waals surface area contributed by atoms with Crippen LogP contribution in [0.25, 0.3) is 11.3 Å². The number of nitrogens with one attached hydrogen (secondary N) is 1. The maximum Gasteiger partial charge on any atom is 0.279 e. The molecule has 1 heterocycles. The summed E-state index contributed by atoms with van der Waals surface area (Å²) in [6.07, 6.45) is 0. The van der Waals surface area contributed by atoms with Crippen molar-refractivity contribution in [3.05, 3.63) is 40.2 Å². The third kappa shape index (κ3) is 2.77. The monoisotopic (exact) mass is 304 g/mol. The van der Waals surface area contributed by atoms with Gasteiger partial charge in [-0.15, -0.1) is 0 Å². The first kappa shape index (κ1) is 15.5. The van der Waals surface area contributed by atoms with Gasteiger partial charge in [-0.25, -0.2) is 10.5 Å². The molecule has 0 aliphatic rings.